The summed E-state index contributed by atoms with van der Waals surface area (Å²) in [6.07, 6.45) is 3.33. The average Bonchev–Trinajstić information content (AvgIpc) is 2.35. The van der Waals surface area contributed by atoms with Crippen LogP contribution in [0.25, 0.3) is 0 Å². The van der Waals surface area contributed by atoms with Gasteiger partial charge in [-0.2, -0.15) is 0 Å². The fraction of sp³-hybridized carbons (Fsp3) is 0.538. The van der Waals surface area contributed by atoms with Gasteiger partial charge in [-0.25, -0.2) is 0 Å². The van der Waals surface area contributed by atoms with Crippen LogP contribution in [0.15, 0.2) is 6.07 Å². The van der Waals surface area contributed by atoms with Gasteiger partial charge in [0.05, 0.1) is 12.1 Å². The molecule has 1 unspecified atom stereocenters. The Morgan fingerprint density at radius 3 is 2.82 bits per heavy atom. The van der Waals surface area contributed by atoms with Gasteiger partial charge in [0, 0.05) is 11.6 Å². The molecule has 1 aliphatic heterocycles. The van der Waals surface area contributed by atoms with Crippen molar-refractivity contribution in [3.8, 4) is 11.5 Å². The minimum Gasteiger partial charge on any atom is -0.504 e. The van der Waals surface area contributed by atoms with E-state index < -0.39 is 0 Å². The zero-order valence-corrected chi connectivity index (χ0v) is 11.0. The third-order valence-corrected chi connectivity index (χ3v) is 3.80. The predicted octanol–water partition coefficient (Wildman–Crippen LogP) is 3.18. The first-order valence-electron chi connectivity index (χ1n) is 5.94. The summed E-state index contributed by atoms with van der Waals surface area (Å²) in [6, 6.07) is 1.90. The van der Waals surface area contributed by atoms with Crippen molar-refractivity contribution in [2.24, 2.45) is 0 Å². The number of rotatable bonds is 2. The SMILES string of the molecule is COc1cc(C)c(Cl)c(C2CCCCN2)c1O. The molecule has 1 heterocycles. The number of aromatic hydroxyl groups is 1. The number of nitrogens with one attached hydrogen (secondary N) is 1. The standard InChI is InChI=1S/C13H18ClNO2/c1-8-7-10(17-2)13(16)11(12(8)14)9-5-3-4-6-15-9/h7,9,15-16H,3-6H2,1-2H3. The van der Waals surface area contributed by atoms with Crippen LogP contribution in [0.1, 0.15) is 36.4 Å². The molecule has 0 aliphatic carbocycles. The molecule has 1 fully saturated rings. The van der Waals surface area contributed by atoms with Gasteiger partial charge in [0.15, 0.2) is 11.5 Å². The Balaban J connectivity index is 2.46. The summed E-state index contributed by atoms with van der Waals surface area (Å²) in [6.45, 7) is 2.90. The summed E-state index contributed by atoms with van der Waals surface area (Å²) in [5.74, 6) is 0.664. The quantitative estimate of drug-likeness (QED) is 0.853. The highest BCUT2D eigenvalue weighted by Gasteiger charge is 2.24. The average molecular weight is 256 g/mol. The van der Waals surface area contributed by atoms with Crippen LogP contribution in [0, 0.1) is 6.92 Å². The van der Waals surface area contributed by atoms with Crippen LogP contribution < -0.4 is 10.1 Å². The third-order valence-electron chi connectivity index (χ3n) is 3.30. The van der Waals surface area contributed by atoms with Crippen molar-refractivity contribution in [2.45, 2.75) is 32.2 Å². The number of phenols is 1. The van der Waals surface area contributed by atoms with E-state index in [1.807, 2.05) is 6.92 Å². The Morgan fingerprint density at radius 2 is 2.24 bits per heavy atom. The summed E-state index contributed by atoms with van der Waals surface area (Å²) < 4.78 is 5.18. The predicted molar refractivity (Wildman–Crippen MR) is 69.0 cm³/mol. The fourth-order valence-electron chi connectivity index (χ4n) is 2.35. The molecule has 1 aromatic carbocycles. The molecule has 1 saturated heterocycles. The maximum Gasteiger partial charge on any atom is 0.164 e. The molecule has 1 atom stereocenters. The van der Waals surface area contributed by atoms with E-state index in [0.717, 1.165) is 30.5 Å². The van der Waals surface area contributed by atoms with Crippen molar-refractivity contribution in [2.75, 3.05) is 13.7 Å². The second-order valence-corrected chi connectivity index (χ2v) is 4.85. The normalized spacial score (nSPS) is 20.3. The molecule has 1 aliphatic rings. The lowest BCUT2D eigenvalue weighted by Crippen LogP contribution is -2.27. The molecular formula is C13H18ClNO2. The number of benzene rings is 1. The Bertz CT molecular complexity index is 414. The van der Waals surface area contributed by atoms with E-state index in [1.54, 1.807) is 13.2 Å². The van der Waals surface area contributed by atoms with Crippen molar-refractivity contribution in [3.63, 3.8) is 0 Å². The molecule has 0 amide bonds. The molecule has 2 N–H and O–H groups in total. The van der Waals surface area contributed by atoms with Gasteiger partial charge < -0.3 is 15.2 Å². The van der Waals surface area contributed by atoms with Gasteiger partial charge in [0.25, 0.3) is 0 Å². The van der Waals surface area contributed by atoms with Crippen molar-refractivity contribution in [3.05, 3.63) is 22.2 Å². The minimum atomic E-state index is 0.130. The topological polar surface area (TPSA) is 41.5 Å². The van der Waals surface area contributed by atoms with Gasteiger partial charge in [0.1, 0.15) is 0 Å². The Morgan fingerprint density at radius 1 is 1.47 bits per heavy atom. The van der Waals surface area contributed by atoms with Crippen LogP contribution in [0.2, 0.25) is 5.02 Å². The lowest BCUT2D eigenvalue weighted by molar-refractivity contribution is 0.354. The number of aryl methyl sites for hydroxylation is 1. The molecule has 94 valence electrons. The molecule has 0 aromatic heterocycles. The van der Waals surface area contributed by atoms with Crippen LogP contribution >= 0.6 is 11.6 Å². The van der Waals surface area contributed by atoms with Crippen LogP contribution in [-0.2, 0) is 0 Å². The fourth-order valence-corrected chi connectivity index (χ4v) is 2.63. The lowest BCUT2D eigenvalue weighted by Gasteiger charge is -2.26. The molecule has 4 heteroatoms. The van der Waals surface area contributed by atoms with Gasteiger partial charge in [-0.1, -0.05) is 18.0 Å². The summed E-state index contributed by atoms with van der Waals surface area (Å²) in [4.78, 5) is 0. The second kappa shape index (κ2) is 5.15. The van der Waals surface area contributed by atoms with Crippen molar-refractivity contribution < 1.29 is 9.84 Å². The first-order chi connectivity index (χ1) is 8.15. The molecular weight excluding hydrogens is 238 g/mol. The maximum absolute atomic E-state index is 10.2. The van der Waals surface area contributed by atoms with E-state index >= 15 is 0 Å². The summed E-state index contributed by atoms with van der Waals surface area (Å²) >= 11 is 6.31. The monoisotopic (exact) mass is 255 g/mol. The Kier molecular flexibility index (Phi) is 3.79. The van der Waals surface area contributed by atoms with Gasteiger partial charge >= 0.3 is 0 Å². The second-order valence-electron chi connectivity index (χ2n) is 4.47. The number of methoxy groups -OCH3 is 1. The number of hydrogen-bond donors (Lipinski definition) is 2. The first kappa shape index (κ1) is 12.5. The molecule has 0 spiro atoms. The van der Waals surface area contributed by atoms with E-state index in [0.29, 0.717) is 10.8 Å². The number of ether oxygens (including phenoxy) is 1. The lowest BCUT2D eigenvalue weighted by atomic mass is 9.95. The summed E-state index contributed by atoms with van der Waals surface area (Å²) in [5, 5.41) is 14.2. The minimum absolute atomic E-state index is 0.130. The Hall–Kier alpha value is -0.930. The zero-order chi connectivity index (χ0) is 12.4. The molecule has 1 aromatic rings. The summed E-state index contributed by atoms with van der Waals surface area (Å²) in [7, 11) is 1.56. The van der Waals surface area contributed by atoms with E-state index in [4.69, 9.17) is 16.3 Å². The molecule has 2 rings (SSSR count). The number of hydrogen-bond acceptors (Lipinski definition) is 3. The highest BCUT2D eigenvalue weighted by molar-refractivity contribution is 6.32. The van der Waals surface area contributed by atoms with E-state index in [9.17, 15) is 5.11 Å². The van der Waals surface area contributed by atoms with Crippen LogP contribution in [0.3, 0.4) is 0 Å². The molecule has 0 saturated carbocycles. The van der Waals surface area contributed by atoms with Crippen LogP contribution in [0.4, 0.5) is 0 Å². The van der Waals surface area contributed by atoms with E-state index in [-0.39, 0.29) is 11.8 Å². The van der Waals surface area contributed by atoms with E-state index in [1.165, 1.54) is 6.42 Å². The van der Waals surface area contributed by atoms with Crippen LogP contribution in [0.5, 0.6) is 11.5 Å². The van der Waals surface area contributed by atoms with Gasteiger partial charge in [0.2, 0.25) is 0 Å². The number of phenolic OH excluding ortho intramolecular Hbond substituents is 1. The van der Waals surface area contributed by atoms with Gasteiger partial charge in [-0.3, -0.25) is 0 Å². The molecule has 3 nitrogen and oxygen atoms in total. The number of piperidine rings is 1. The van der Waals surface area contributed by atoms with E-state index in [2.05, 4.69) is 5.32 Å². The smallest absolute Gasteiger partial charge is 0.164 e. The highest BCUT2D eigenvalue weighted by atomic mass is 35.5. The van der Waals surface area contributed by atoms with Gasteiger partial charge in [-0.15, -0.1) is 0 Å². The third kappa shape index (κ3) is 2.35. The zero-order valence-electron chi connectivity index (χ0n) is 10.2. The summed E-state index contributed by atoms with van der Waals surface area (Å²) in [5.41, 5.74) is 1.71. The van der Waals surface area contributed by atoms with Gasteiger partial charge in [-0.05, 0) is 37.9 Å². The van der Waals surface area contributed by atoms with Crippen molar-refractivity contribution in [1.82, 2.24) is 5.32 Å². The van der Waals surface area contributed by atoms with Crippen LogP contribution in [-0.4, -0.2) is 18.8 Å². The molecule has 0 bridgehead atoms. The largest absolute Gasteiger partial charge is 0.504 e. The van der Waals surface area contributed by atoms with Crippen molar-refractivity contribution >= 4 is 11.6 Å². The first-order valence-corrected chi connectivity index (χ1v) is 6.32. The molecule has 0 radical (unpaired) electrons. The maximum atomic E-state index is 10.2. The Labute approximate surface area is 107 Å². The number of halogens is 1. The highest BCUT2D eigenvalue weighted by Crippen LogP contribution is 2.42. The molecule has 17 heavy (non-hydrogen) atoms. The van der Waals surface area contributed by atoms with Crippen molar-refractivity contribution in [1.29, 1.82) is 0 Å².